The highest BCUT2D eigenvalue weighted by Gasteiger charge is 2.31. The molecule has 10 nitrogen and oxygen atoms in total. The highest BCUT2D eigenvalue weighted by atomic mass is 35.5. The molecule has 0 aliphatic rings. The summed E-state index contributed by atoms with van der Waals surface area (Å²) in [6.07, 6.45) is 0.519. The fourth-order valence-electron chi connectivity index (χ4n) is 3.36. The van der Waals surface area contributed by atoms with E-state index in [0.29, 0.717) is 10.9 Å². The van der Waals surface area contributed by atoms with E-state index >= 15 is 0 Å². The average Bonchev–Trinajstić information content (AvgIpc) is 2.82. The second kappa shape index (κ2) is 10.5. The van der Waals surface area contributed by atoms with E-state index in [9.17, 15) is 23.1 Å². The minimum Gasteiger partial charge on any atom is -0.504 e. The number of hydroxylamine groups is 1. The van der Waals surface area contributed by atoms with Crippen LogP contribution in [0, 0.1) is 0 Å². The molecule has 0 spiro atoms. The topological polar surface area (TPSA) is 134 Å². The number of nitrogens with zero attached hydrogens (tertiary/aromatic N) is 1. The first-order valence-corrected chi connectivity index (χ1v) is 11.9. The van der Waals surface area contributed by atoms with Crippen LogP contribution >= 0.6 is 11.6 Å². The summed E-state index contributed by atoms with van der Waals surface area (Å²) >= 11 is 6.02. The molecule has 0 aliphatic carbocycles. The standard InChI is InChI=1S/C22H24ClN3O7S/c1-26(33-3)34(30,31)22-15(23)9-10-16(19(22)27)25-18-17(20(28)21(18)29)24-14(12-32-2)11-13-7-5-4-6-8-13/h4-10,14,24-25,27H,11-12H2,1-3H3. The van der Waals surface area contributed by atoms with Gasteiger partial charge in [0.05, 0.1) is 30.5 Å². The quantitative estimate of drug-likeness (QED) is 0.202. The number of anilines is 3. The first kappa shape index (κ1) is 25.7. The Balaban J connectivity index is 1.93. The first-order valence-electron chi connectivity index (χ1n) is 10.1. The van der Waals surface area contributed by atoms with Crippen LogP contribution in [0.3, 0.4) is 0 Å². The van der Waals surface area contributed by atoms with Crippen molar-refractivity contribution >= 4 is 38.7 Å². The van der Waals surface area contributed by atoms with Crippen LogP contribution in [-0.4, -0.2) is 51.9 Å². The lowest BCUT2D eigenvalue weighted by atomic mass is 10.0. The molecule has 3 aromatic rings. The maximum Gasteiger partial charge on any atom is 0.269 e. The summed E-state index contributed by atoms with van der Waals surface area (Å²) in [4.78, 5) is 28.7. The Morgan fingerprint density at radius 3 is 2.32 bits per heavy atom. The fraction of sp³-hybridized carbons (Fsp3) is 0.273. The van der Waals surface area contributed by atoms with Gasteiger partial charge in [-0.1, -0.05) is 46.4 Å². The van der Waals surface area contributed by atoms with E-state index in [0.717, 1.165) is 19.7 Å². The van der Waals surface area contributed by atoms with E-state index < -0.39 is 31.5 Å². The molecule has 0 heterocycles. The van der Waals surface area contributed by atoms with Crippen molar-refractivity contribution in [2.45, 2.75) is 17.4 Å². The van der Waals surface area contributed by atoms with Gasteiger partial charge in [0.1, 0.15) is 16.3 Å². The zero-order valence-electron chi connectivity index (χ0n) is 18.7. The van der Waals surface area contributed by atoms with Gasteiger partial charge in [-0.25, -0.2) is 8.42 Å². The molecule has 182 valence electrons. The van der Waals surface area contributed by atoms with Crippen LogP contribution < -0.4 is 21.5 Å². The van der Waals surface area contributed by atoms with Crippen molar-refractivity contribution in [1.82, 2.24) is 4.47 Å². The minimum atomic E-state index is -4.31. The molecular weight excluding hydrogens is 486 g/mol. The smallest absolute Gasteiger partial charge is 0.269 e. The van der Waals surface area contributed by atoms with Gasteiger partial charge in [0.2, 0.25) is 0 Å². The average molecular weight is 510 g/mol. The molecule has 0 amide bonds. The van der Waals surface area contributed by atoms with Crippen molar-refractivity contribution in [3.05, 3.63) is 73.5 Å². The molecule has 0 saturated heterocycles. The number of methoxy groups -OCH3 is 1. The van der Waals surface area contributed by atoms with Crippen LogP contribution in [0.5, 0.6) is 5.75 Å². The molecule has 3 aromatic carbocycles. The Labute approximate surface area is 201 Å². The molecular formula is C22H24ClN3O7S. The molecule has 3 N–H and O–H groups in total. The monoisotopic (exact) mass is 509 g/mol. The number of benzene rings is 2. The lowest BCUT2D eigenvalue weighted by Crippen LogP contribution is -2.40. The summed E-state index contributed by atoms with van der Waals surface area (Å²) in [6, 6.07) is 11.7. The summed E-state index contributed by atoms with van der Waals surface area (Å²) in [6.45, 7) is 0.255. The van der Waals surface area contributed by atoms with Crippen molar-refractivity contribution in [3.63, 3.8) is 0 Å². The third-order valence-corrected chi connectivity index (χ3v) is 7.33. The number of ether oxygens (including phenoxy) is 1. The SMILES string of the molecule is COCC(Cc1ccccc1)Nc1c(Nc2ccc(Cl)c(S(=O)(=O)N(C)OC)c2O)c(=O)c1=O. The highest BCUT2D eigenvalue weighted by Crippen LogP contribution is 2.39. The van der Waals surface area contributed by atoms with Gasteiger partial charge in [-0.05, 0) is 24.1 Å². The van der Waals surface area contributed by atoms with Gasteiger partial charge in [0.15, 0.2) is 5.75 Å². The van der Waals surface area contributed by atoms with Gasteiger partial charge in [0, 0.05) is 14.2 Å². The molecule has 1 atom stereocenters. The number of hydrogen-bond donors (Lipinski definition) is 3. The maximum absolute atomic E-state index is 12.7. The molecule has 34 heavy (non-hydrogen) atoms. The number of nitrogens with one attached hydrogen (secondary N) is 2. The van der Waals surface area contributed by atoms with Crippen LogP contribution in [0.4, 0.5) is 17.1 Å². The summed E-state index contributed by atoms with van der Waals surface area (Å²) in [5.41, 5.74) is -0.786. The summed E-state index contributed by atoms with van der Waals surface area (Å²) in [5.74, 6) is -0.729. The van der Waals surface area contributed by atoms with Crippen LogP contribution in [0.15, 0.2) is 56.9 Å². The molecule has 0 saturated carbocycles. The van der Waals surface area contributed by atoms with Crippen molar-refractivity contribution in [2.75, 3.05) is 38.5 Å². The molecule has 0 radical (unpaired) electrons. The van der Waals surface area contributed by atoms with Crippen molar-refractivity contribution in [3.8, 4) is 5.75 Å². The third kappa shape index (κ3) is 5.08. The van der Waals surface area contributed by atoms with E-state index in [1.165, 1.54) is 19.2 Å². The zero-order chi connectivity index (χ0) is 25.0. The zero-order valence-corrected chi connectivity index (χ0v) is 20.2. The molecule has 12 heteroatoms. The molecule has 3 rings (SSSR count). The van der Waals surface area contributed by atoms with Crippen LogP contribution in [0.2, 0.25) is 5.02 Å². The van der Waals surface area contributed by atoms with Gasteiger partial charge in [-0.15, -0.1) is 0 Å². The number of hydrogen-bond acceptors (Lipinski definition) is 9. The lowest BCUT2D eigenvalue weighted by Gasteiger charge is -2.23. The predicted molar refractivity (Wildman–Crippen MR) is 129 cm³/mol. The molecule has 0 fully saturated rings. The maximum atomic E-state index is 12.7. The lowest BCUT2D eigenvalue weighted by molar-refractivity contribution is -0.0259. The van der Waals surface area contributed by atoms with E-state index in [4.69, 9.17) is 21.2 Å². The Bertz CT molecular complexity index is 1340. The number of sulfonamides is 1. The number of aromatic hydroxyl groups is 1. The van der Waals surface area contributed by atoms with Crippen molar-refractivity contribution < 1.29 is 23.1 Å². The van der Waals surface area contributed by atoms with E-state index in [-0.39, 0.29) is 34.7 Å². The molecule has 0 bridgehead atoms. The van der Waals surface area contributed by atoms with Gasteiger partial charge in [-0.2, -0.15) is 0 Å². The van der Waals surface area contributed by atoms with Gasteiger partial charge in [-0.3, -0.25) is 14.4 Å². The van der Waals surface area contributed by atoms with E-state index in [2.05, 4.69) is 10.6 Å². The Kier molecular flexibility index (Phi) is 7.95. The molecule has 0 aliphatic heterocycles. The number of phenolic OH excluding ortho intramolecular Hbond substituents is 1. The Hall–Kier alpha value is -2.96. The molecule has 1 unspecified atom stereocenters. The van der Waals surface area contributed by atoms with Gasteiger partial charge in [0.25, 0.3) is 20.9 Å². The second-order valence-corrected chi connectivity index (χ2v) is 9.67. The highest BCUT2D eigenvalue weighted by molar-refractivity contribution is 7.89. The van der Waals surface area contributed by atoms with Gasteiger partial charge < -0.3 is 20.5 Å². The van der Waals surface area contributed by atoms with Crippen LogP contribution in [0.25, 0.3) is 0 Å². The number of rotatable bonds is 11. The second-order valence-electron chi connectivity index (χ2n) is 7.39. The van der Waals surface area contributed by atoms with Crippen LogP contribution in [-0.2, 0) is 26.0 Å². The largest absolute Gasteiger partial charge is 0.504 e. The predicted octanol–water partition coefficient (Wildman–Crippen LogP) is 2.24. The normalized spacial score (nSPS) is 12.7. The van der Waals surface area contributed by atoms with E-state index in [1.807, 2.05) is 30.3 Å². The van der Waals surface area contributed by atoms with E-state index in [1.54, 1.807) is 0 Å². The third-order valence-electron chi connectivity index (χ3n) is 5.15. The first-order chi connectivity index (χ1) is 16.1. The van der Waals surface area contributed by atoms with Gasteiger partial charge >= 0.3 is 0 Å². The molecule has 0 aromatic heterocycles. The summed E-state index contributed by atoms with van der Waals surface area (Å²) in [7, 11) is -0.519. The Morgan fingerprint density at radius 1 is 1.06 bits per heavy atom. The van der Waals surface area contributed by atoms with Crippen molar-refractivity contribution in [1.29, 1.82) is 0 Å². The Morgan fingerprint density at radius 2 is 1.71 bits per heavy atom. The fourth-order valence-corrected chi connectivity index (χ4v) is 4.93. The summed E-state index contributed by atoms with van der Waals surface area (Å²) in [5, 5.41) is 16.1. The number of halogens is 1. The number of phenols is 1. The van der Waals surface area contributed by atoms with Crippen molar-refractivity contribution in [2.24, 2.45) is 0 Å². The summed E-state index contributed by atoms with van der Waals surface area (Å²) < 4.78 is 31.1. The van der Waals surface area contributed by atoms with Crippen LogP contribution in [0.1, 0.15) is 5.56 Å². The minimum absolute atomic E-state index is 0.00995.